The standard InChI is InChI=1S/C24H24ClN3O4S/c1-16(2)15-26-24(30)19-10-6-7-11-21(19)27-23(29)17-12-13-20(25)22(14-17)33(31,32)28-18-8-4-3-5-9-18/h3-14,16,28H,15H2,1-2H3,(H,26,30)(H,27,29). The highest BCUT2D eigenvalue weighted by Crippen LogP contribution is 2.26. The molecule has 0 saturated carbocycles. The maximum atomic E-state index is 12.9. The summed E-state index contributed by atoms with van der Waals surface area (Å²) < 4.78 is 28.1. The lowest BCUT2D eigenvalue weighted by molar-refractivity contribution is 0.0950. The minimum absolute atomic E-state index is 0.0246. The number of para-hydroxylation sites is 2. The first-order valence-electron chi connectivity index (χ1n) is 10.2. The molecule has 3 rings (SSSR count). The Morgan fingerprint density at radius 3 is 2.27 bits per heavy atom. The van der Waals surface area contributed by atoms with Crippen LogP contribution in [0.2, 0.25) is 5.02 Å². The number of carbonyl (C=O) groups is 2. The Bertz CT molecular complexity index is 1260. The molecule has 0 unspecified atom stereocenters. The highest BCUT2D eigenvalue weighted by atomic mass is 35.5. The van der Waals surface area contributed by atoms with Gasteiger partial charge in [0.15, 0.2) is 0 Å². The van der Waals surface area contributed by atoms with Gasteiger partial charge in [-0.25, -0.2) is 8.42 Å². The molecule has 3 N–H and O–H groups in total. The molecule has 0 aliphatic rings. The van der Waals surface area contributed by atoms with Gasteiger partial charge in [0.1, 0.15) is 4.90 Å². The summed E-state index contributed by atoms with van der Waals surface area (Å²) in [5, 5.41) is 5.48. The summed E-state index contributed by atoms with van der Waals surface area (Å²) in [5.74, 6) is -0.618. The Morgan fingerprint density at radius 1 is 0.909 bits per heavy atom. The lowest BCUT2D eigenvalue weighted by Crippen LogP contribution is -2.28. The normalized spacial score (nSPS) is 11.2. The van der Waals surface area contributed by atoms with Gasteiger partial charge in [-0.2, -0.15) is 0 Å². The molecule has 9 heteroatoms. The number of carbonyl (C=O) groups excluding carboxylic acids is 2. The molecule has 3 aromatic carbocycles. The van der Waals surface area contributed by atoms with Gasteiger partial charge < -0.3 is 10.6 Å². The smallest absolute Gasteiger partial charge is 0.263 e. The predicted octanol–water partition coefficient (Wildman–Crippen LogP) is 4.78. The number of nitrogens with one attached hydrogen (secondary N) is 3. The van der Waals surface area contributed by atoms with Crippen molar-refractivity contribution >= 4 is 44.8 Å². The molecule has 0 aliphatic carbocycles. The summed E-state index contributed by atoms with van der Waals surface area (Å²) in [7, 11) is -4.04. The van der Waals surface area contributed by atoms with Gasteiger partial charge in [-0.1, -0.05) is 55.8 Å². The van der Waals surface area contributed by atoms with Crippen LogP contribution in [0.3, 0.4) is 0 Å². The van der Waals surface area contributed by atoms with Crippen LogP contribution >= 0.6 is 11.6 Å². The van der Waals surface area contributed by atoms with Crippen LogP contribution in [-0.4, -0.2) is 26.8 Å². The van der Waals surface area contributed by atoms with Crippen molar-refractivity contribution in [2.45, 2.75) is 18.7 Å². The van der Waals surface area contributed by atoms with Crippen LogP contribution in [0.15, 0.2) is 77.7 Å². The second-order valence-electron chi connectivity index (χ2n) is 7.72. The van der Waals surface area contributed by atoms with E-state index in [1.807, 2.05) is 13.8 Å². The molecule has 0 atom stereocenters. The van der Waals surface area contributed by atoms with Crippen LogP contribution in [0.4, 0.5) is 11.4 Å². The first-order valence-corrected chi connectivity index (χ1v) is 12.1. The zero-order valence-corrected chi connectivity index (χ0v) is 19.7. The fourth-order valence-corrected chi connectivity index (χ4v) is 4.53. The maximum Gasteiger partial charge on any atom is 0.263 e. The van der Waals surface area contributed by atoms with Crippen LogP contribution in [-0.2, 0) is 10.0 Å². The summed E-state index contributed by atoms with van der Waals surface area (Å²) in [6, 6.07) is 18.9. The van der Waals surface area contributed by atoms with E-state index in [0.29, 0.717) is 23.5 Å². The van der Waals surface area contributed by atoms with E-state index >= 15 is 0 Å². The molecule has 0 saturated heterocycles. The molecule has 0 radical (unpaired) electrons. The minimum atomic E-state index is -4.04. The fourth-order valence-electron chi connectivity index (χ4n) is 2.94. The molecule has 172 valence electrons. The number of hydrogen-bond donors (Lipinski definition) is 3. The van der Waals surface area contributed by atoms with Gasteiger partial charge in [-0.05, 0) is 48.4 Å². The average molecular weight is 486 g/mol. The third kappa shape index (κ3) is 6.34. The number of halogens is 1. The molecular weight excluding hydrogens is 462 g/mol. The summed E-state index contributed by atoms with van der Waals surface area (Å²) >= 11 is 6.14. The summed E-state index contributed by atoms with van der Waals surface area (Å²) in [6.07, 6.45) is 0. The van der Waals surface area contributed by atoms with Crippen molar-refractivity contribution in [2.24, 2.45) is 5.92 Å². The Labute approximate surface area is 198 Å². The van der Waals surface area contributed by atoms with E-state index in [9.17, 15) is 18.0 Å². The van der Waals surface area contributed by atoms with Crippen molar-refractivity contribution < 1.29 is 18.0 Å². The summed E-state index contributed by atoms with van der Waals surface area (Å²) in [6.45, 7) is 4.45. The van der Waals surface area contributed by atoms with E-state index in [1.54, 1.807) is 54.6 Å². The quantitative estimate of drug-likeness (QED) is 0.427. The number of hydrogen-bond acceptors (Lipinski definition) is 4. The van der Waals surface area contributed by atoms with E-state index in [4.69, 9.17) is 11.6 Å². The molecule has 33 heavy (non-hydrogen) atoms. The van der Waals surface area contributed by atoms with Gasteiger partial charge >= 0.3 is 0 Å². The van der Waals surface area contributed by atoms with E-state index in [-0.39, 0.29) is 27.3 Å². The zero-order valence-electron chi connectivity index (χ0n) is 18.1. The van der Waals surface area contributed by atoms with E-state index in [0.717, 1.165) is 0 Å². The highest BCUT2D eigenvalue weighted by Gasteiger charge is 2.21. The molecule has 7 nitrogen and oxygen atoms in total. The number of anilines is 2. The molecule has 0 bridgehead atoms. The lowest BCUT2D eigenvalue weighted by Gasteiger charge is -2.14. The van der Waals surface area contributed by atoms with E-state index in [1.165, 1.54) is 18.2 Å². The number of rotatable bonds is 8. The summed E-state index contributed by atoms with van der Waals surface area (Å²) in [4.78, 5) is 25.2. The third-order valence-corrected chi connectivity index (χ3v) is 6.46. The van der Waals surface area contributed by atoms with E-state index in [2.05, 4.69) is 15.4 Å². The van der Waals surface area contributed by atoms with Gasteiger partial charge in [0.2, 0.25) is 0 Å². The second-order valence-corrected chi connectivity index (χ2v) is 9.78. The number of benzene rings is 3. The Kier molecular flexibility index (Phi) is 7.73. The van der Waals surface area contributed by atoms with Gasteiger partial charge in [-0.3, -0.25) is 14.3 Å². The van der Waals surface area contributed by atoms with Crippen molar-refractivity contribution in [3.63, 3.8) is 0 Å². The second kappa shape index (κ2) is 10.5. The van der Waals surface area contributed by atoms with Gasteiger partial charge in [0.25, 0.3) is 21.8 Å². The third-order valence-electron chi connectivity index (χ3n) is 4.60. The average Bonchev–Trinajstić information content (AvgIpc) is 2.78. The first kappa shape index (κ1) is 24.3. The molecule has 0 fully saturated rings. The molecule has 0 aromatic heterocycles. The van der Waals surface area contributed by atoms with Crippen molar-refractivity contribution in [2.75, 3.05) is 16.6 Å². The lowest BCUT2D eigenvalue weighted by atomic mass is 10.1. The monoisotopic (exact) mass is 485 g/mol. The molecule has 3 aromatic rings. The number of amides is 2. The van der Waals surface area contributed by atoms with Crippen molar-refractivity contribution in [3.05, 3.63) is 88.9 Å². The van der Waals surface area contributed by atoms with Crippen molar-refractivity contribution in [1.82, 2.24) is 5.32 Å². The van der Waals surface area contributed by atoms with Crippen LogP contribution < -0.4 is 15.4 Å². The SMILES string of the molecule is CC(C)CNC(=O)c1ccccc1NC(=O)c1ccc(Cl)c(S(=O)(=O)Nc2ccccc2)c1. The maximum absolute atomic E-state index is 12.9. The minimum Gasteiger partial charge on any atom is -0.352 e. The van der Waals surface area contributed by atoms with Crippen LogP contribution in [0.1, 0.15) is 34.6 Å². The molecule has 0 spiro atoms. The van der Waals surface area contributed by atoms with Crippen molar-refractivity contribution in [3.8, 4) is 0 Å². The van der Waals surface area contributed by atoms with Crippen LogP contribution in [0, 0.1) is 5.92 Å². The predicted molar refractivity (Wildman–Crippen MR) is 130 cm³/mol. The van der Waals surface area contributed by atoms with E-state index < -0.39 is 15.9 Å². The molecule has 2 amide bonds. The summed E-state index contributed by atoms with van der Waals surface area (Å²) in [5.41, 5.74) is 1.06. The molecular formula is C24H24ClN3O4S. The Hall–Kier alpha value is -3.36. The molecule has 0 heterocycles. The van der Waals surface area contributed by atoms with Crippen LogP contribution in [0.5, 0.6) is 0 Å². The topological polar surface area (TPSA) is 104 Å². The Morgan fingerprint density at radius 2 is 1.58 bits per heavy atom. The fraction of sp³-hybridized carbons (Fsp3) is 0.167. The zero-order chi connectivity index (χ0) is 24.0. The van der Waals surface area contributed by atoms with Crippen LogP contribution in [0.25, 0.3) is 0 Å². The Balaban J connectivity index is 1.84. The van der Waals surface area contributed by atoms with Gasteiger partial charge in [0, 0.05) is 17.8 Å². The largest absolute Gasteiger partial charge is 0.352 e. The highest BCUT2D eigenvalue weighted by molar-refractivity contribution is 7.92. The van der Waals surface area contributed by atoms with Gasteiger partial charge in [0.05, 0.1) is 16.3 Å². The first-order chi connectivity index (χ1) is 15.7. The molecule has 0 aliphatic heterocycles. The number of sulfonamides is 1. The van der Waals surface area contributed by atoms with Gasteiger partial charge in [-0.15, -0.1) is 0 Å². The van der Waals surface area contributed by atoms with Crippen molar-refractivity contribution in [1.29, 1.82) is 0 Å².